The van der Waals surface area contributed by atoms with E-state index in [0.29, 0.717) is 0 Å². The molecular formula is C24H33IN6. The molecule has 2 aromatic carbocycles. The molecule has 3 N–H and O–H groups in total. The van der Waals surface area contributed by atoms with Crippen molar-refractivity contribution in [2.45, 2.75) is 38.6 Å². The summed E-state index contributed by atoms with van der Waals surface area (Å²) in [6.45, 7) is 5.36. The van der Waals surface area contributed by atoms with Gasteiger partial charge in [-0.1, -0.05) is 24.3 Å². The number of rotatable bonds is 7. The second kappa shape index (κ2) is 11.4. The van der Waals surface area contributed by atoms with Gasteiger partial charge < -0.3 is 20.5 Å². The van der Waals surface area contributed by atoms with E-state index in [1.807, 2.05) is 25.2 Å². The number of para-hydroxylation sites is 2. The Morgan fingerprint density at radius 1 is 1.16 bits per heavy atom. The van der Waals surface area contributed by atoms with E-state index >= 15 is 0 Å². The summed E-state index contributed by atoms with van der Waals surface area (Å²) in [6.07, 6.45) is 4.48. The smallest absolute Gasteiger partial charge is 0.191 e. The Bertz CT molecular complexity index is 959. The Morgan fingerprint density at radius 2 is 1.97 bits per heavy atom. The predicted octanol–water partition coefficient (Wildman–Crippen LogP) is 4.64. The van der Waals surface area contributed by atoms with Gasteiger partial charge in [-0.2, -0.15) is 0 Å². The number of aliphatic imine (C=N–C) groups is 1. The highest BCUT2D eigenvalue weighted by Gasteiger charge is 2.14. The van der Waals surface area contributed by atoms with Crippen molar-refractivity contribution in [3.05, 3.63) is 59.9 Å². The fourth-order valence-electron chi connectivity index (χ4n) is 4.04. The molecule has 1 aliphatic rings. The number of anilines is 1. The second-order valence-corrected chi connectivity index (χ2v) is 7.96. The number of H-pyrrole nitrogens is 1. The molecule has 1 aromatic heterocycles. The van der Waals surface area contributed by atoms with Gasteiger partial charge in [-0.25, -0.2) is 4.98 Å². The molecule has 0 radical (unpaired) electrons. The molecular weight excluding hydrogens is 499 g/mol. The molecule has 1 atom stereocenters. The van der Waals surface area contributed by atoms with Gasteiger partial charge in [0.15, 0.2) is 5.96 Å². The number of benzene rings is 2. The molecule has 166 valence electrons. The van der Waals surface area contributed by atoms with Gasteiger partial charge in [0.25, 0.3) is 0 Å². The average molecular weight is 532 g/mol. The first kappa shape index (κ1) is 23.4. The van der Waals surface area contributed by atoms with Gasteiger partial charge >= 0.3 is 0 Å². The summed E-state index contributed by atoms with van der Waals surface area (Å²) in [5, 5.41) is 6.95. The number of hydrogen-bond acceptors (Lipinski definition) is 3. The van der Waals surface area contributed by atoms with Gasteiger partial charge in [0.1, 0.15) is 5.82 Å². The third kappa shape index (κ3) is 6.12. The number of halogens is 1. The quantitative estimate of drug-likeness (QED) is 0.180. The molecule has 3 aromatic rings. The van der Waals surface area contributed by atoms with E-state index in [1.54, 1.807) is 0 Å². The first-order chi connectivity index (χ1) is 14.7. The van der Waals surface area contributed by atoms with Crippen LogP contribution >= 0.6 is 24.0 Å². The van der Waals surface area contributed by atoms with Crippen molar-refractivity contribution in [3.63, 3.8) is 0 Å². The number of imidazole rings is 1. The molecule has 0 aliphatic carbocycles. The Labute approximate surface area is 202 Å². The van der Waals surface area contributed by atoms with Crippen LogP contribution < -0.4 is 15.5 Å². The summed E-state index contributed by atoms with van der Waals surface area (Å²) in [6, 6.07) is 17.2. The lowest BCUT2D eigenvalue weighted by Crippen LogP contribution is -2.39. The van der Waals surface area contributed by atoms with E-state index in [1.165, 1.54) is 37.2 Å². The van der Waals surface area contributed by atoms with Crippen molar-refractivity contribution < 1.29 is 0 Å². The normalized spacial score (nSPS) is 15.0. The fraction of sp³-hybridized carbons (Fsp3) is 0.417. The van der Waals surface area contributed by atoms with Gasteiger partial charge in [-0.15, -0.1) is 24.0 Å². The highest BCUT2D eigenvalue weighted by Crippen LogP contribution is 2.24. The summed E-state index contributed by atoms with van der Waals surface area (Å²) in [5.74, 6) is 1.87. The zero-order chi connectivity index (χ0) is 20.8. The van der Waals surface area contributed by atoms with E-state index < -0.39 is 0 Å². The number of guanidine groups is 1. The van der Waals surface area contributed by atoms with Crippen LogP contribution in [0.5, 0.6) is 0 Å². The van der Waals surface area contributed by atoms with Gasteiger partial charge in [0.05, 0.1) is 17.1 Å². The number of nitrogens with zero attached hydrogens (tertiary/aromatic N) is 3. The second-order valence-electron chi connectivity index (χ2n) is 7.96. The van der Waals surface area contributed by atoms with Crippen LogP contribution in [0, 0.1) is 0 Å². The lowest BCUT2D eigenvalue weighted by atomic mass is 10.1. The van der Waals surface area contributed by atoms with E-state index in [-0.39, 0.29) is 30.0 Å². The summed E-state index contributed by atoms with van der Waals surface area (Å²) in [7, 11) is 1.82. The minimum absolute atomic E-state index is 0. The van der Waals surface area contributed by atoms with Crippen LogP contribution in [-0.4, -0.2) is 42.6 Å². The Kier molecular flexibility index (Phi) is 8.57. The van der Waals surface area contributed by atoms with E-state index in [4.69, 9.17) is 0 Å². The lowest BCUT2D eigenvalue weighted by molar-refractivity contribution is 0.670. The van der Waals surface area contributed by atoms with Crippen molar-refractivity contribution in [2.75, 3.05) is 31.6 Å². The summed E-state index contributed by atoms with van der Waals surface area (Å²) >= 11 is 0. The van der Waals surface area contributed by atoms with Gasteiger partial charge in [-0.3, -0.25) is 4.99 Å². The molecule has 1 aliphatic heterocycles. The monoisotopic (exact) mass is 532 g/mol. The number of aromatic amines is 1. The molecule has 0 spiro atoms. The predicted molar refractivity (Wildman–Crippen MR) is 141 cm³/mol. The van der Waals surface area contributed by atoms with Gasteiger partial charge in [0.2, 0.25) is 0 Å². The van der Waals surface area contributed by atoms with Crippen molar-refractivity contribution in [1.82, 2.24) is 20.6 Å². The molecule has 1 fully saturated rings. The highest BCUT2D eigenvalue weighted by molar-refractivity contribution is 14.0. The van der Waals surface area contributed by atoms with E-state index in [0.717, 1.165) is 42.2 Å². The highest BCUT2D eigenvalue weighted by atomic mass is 127. The van der Waals surface area contributed by atoms with Crippen molar-refractivity contribution in [1.29, 1.82) is 0 Å². The molecule has 7 heteroatoms. The molecule has 4 rings (SSSR count). The van der Waals surface area contributed by atoms with Crippen LogP contribution in [0.1, 0.15) is 43.6 Å². The van der Waals surface area contributed by atoms with E-state index in [2.05, 4.69) is 67.7 Å². The number of hydrogen-bond donors (Lipinski definition) is 3. The van der Waals surface area contributed by atoms with Crippen molar-refractivity contribution >= 4 is 46.7 Å². The number of nitrogens with one attached hydrogen (secondary N) is 3. The van der Waals surface area contributed by atoms with Gasteiger partial charge in [0, 0.05) is 38.8 Å². The Balaban J connectivity index is 0.00000272. The van der Waals surface area contributed by atoms with Crippen LogP contribution in [0.25, 0.3) is 11.0 Å². The van der Waals surface area contributed by atoms with Crippen molar-refractivity contribution in [2.24, 2.45) is 4.99 Å². The topological polar surface area (TPSA) is 68.3 Å². The molecule has 0 saturated carbocycles. The van der Waals surface area contributed by atoms with Crippen molar-refractivity contribution in [3.8, 4) is 0 Å². The summed E-state index contributed by atoms with van der Waals surface area (Å²) in [4.78, 5) is 14.9. The third-order valence-electron chi connectivity index (χ3n) is 5.74. The zero-order valence-corrected chi connectivity index (χ0v) is 20.7. The maximum Gasteiger partial charge on any atom is 0.191 e. The minimum Gasteiger partial charge on any atom is -0.372 e. The fourth-order valence-corrected chi connectivity index (χ4v) is 4.04. The van der Waals surface area contributed by atoms with Crippen LogP contribution in [0.2, 0.25) is 0 Å². The summed E-state index contributed by atoms with van der Waals surface area (Å²) in [5.41, 5.74) is 4.74. The van der Waals surface area contributed by atoms with Crippen LogP contribution in [0.3, 0.4) is 0 Å². The zero-order valence-electron chi connectivity index (χ0n) is 18.4. The standard InChI is InChI=1S/C24H32N6.HI/c1-18(19-9-7-10-20(17-19)30-15-5-6-16-30)27-24(25-2)26-14-8-13-23-28-21-11-3-4-12-22(21)29-23;/h3-4,7,9-12,17-18H,5-6,8,13-16H2,1-2H3,(H,28,29)(H2,25,26,27);1H. The first-order valence-corrected chi connectivity index (χ1v) is 11.0. The number of fused-ring (bicyclic) bond motifs is 1. The molecule has 0 bridgehead atoms. The molecule has 1 saturated heterocycles. The molecule has 2 heterocycles. The van der Waals surface area contributed by atoms with Crippen LogP contribution in [0.15, 0.2) is 53.5 Å². The van der Waals surface area contributed by atoms with Crippen LogP contribution in [-0.2, 0) is 6.42 Å². The maximum atomic E-state index is 4.65. The van der Waals surface area contributed by atoms with Gasteiger partial charge in [-0.05, 0) is 56.0 Å². The molecule has 1 unspecified atom stereocenters. The van der Waals surface area contributed by atoms with E-state index in [9.17, 15) is 0 Å². The number of aryl methyl sites for hydroxylation is 1. The molecule has 0 amide bonds. The molecule has 31 heavy (non-hydrogen) atoms. The largest absolute Gasteiger partial charge is 0.372 e. The SMILES string of the molecule is CN=C(NCCCc1nc2ccccc2[nH]1)NC(C)c1cccc(N2CCCC2)c1.I. The maximum absolute atomic E-state index is 4.65. The molecule has 6 nitrogen and oxygen atoms in total. The Hall–Kier alpha value is -2.29. The number of aromatic nitrogens is 2. The Morgan fingerprint density at radius 3 is 2.74 bits per heavy atom. The minimum atomic E-state index is 0. The summed E-state index contributed by atoms with van der Waals surface area (Å²) < 4.78 is 0. The van der Waals surface area contributed by atoms with Crippen LogP contribution in [0.4, 0.5) is 5.69 Å². The first-order valence-electron chi connectivity index (χ1n) is 11.0. The lowest BCUT2D eigenvalue weighted by Gasteiger charge is -2.22. The average Bonchev–Trinajstić information content (AvgIpc) is 3.45. The third-order valence-corrected chi connectivity index (χ3v) is 5.74.